The maximum atomic E-state index is 14.8. The smallest absolute Gasteiger partial charge is 0.344 e. The molecule has 0 aliphatic carbocycles. The molecule has 42 heavy (non-hydrogen) atoms. The van der Waals surface area contributed by atoms with E-state index < -0.39 is 11.9 Å². The fraction of sp³-hybridized carbons (Fsp3) is 0.467. The van der Waals surface area contributed by atoms with E-state index in [9.17, 15) is 9.18 Å². The molecule has 0 aromatic heterocycles. The minimum absolute atomic E-state index is 0.00192. The normalized spacial score (nSPS) is 31.4. The lowest BCUT2D eigenvalue weighted by Gasteiger charge is -2.56. The number of benzene rings is 2. The van der Waals surface area contributed by atoms with E-state index in [2.05, 4.69) is 14.7 Å². The molecule has 2 aromatic carbocycles. The van der Waals surface area contributed by atoms with E-state index in [4.69, 9.17) is 35.5 Å². The first-order chi connectivity index (χ1) is 20.5. The molecule has 6 atom stereocenters. The van der Waals surface area contributed by atoms with Gasteiger partial charge in [-0.1, -0.05) is 35.5 Å². The molecule has 8 rings (SSSR count). The minimum Gasteiger partial charge on any atom is -0.485 e. The van der Waals surface area contributed by atoms with Crippen LogP contribution < -0.4 is 14.4 Å². The maximum absolute atomic E-state index is 14.8. The fourth-order valence-corrected chi connectivity index (χ4v) is 8.38. The van der Waals surface area contributed by atoms with Crippen molar-refractivity contribution in [2.24, 2.45) is 4.99 Å². The van der Waals surface area contributed by atoms with Gasteiger partial charge in [-0.2, -0.15) is 0 Å². The van der Waals surface area contributed by atoms with E-state index >= 15 is 0 Å². The first-order valence-electron chi connectivity index (χ1n) is 14.3. The van der Waals surface area contributed by atoms with Crippen molar-refractivity contribution in [2.45, 2.75) is 42.1 Å². The summed E-state index contributed by atoms with van der Waals surface area (Å²) in [6.07, 6.45) is 2.51. The lowest BCUT2D eigenvalue weighted by molar-refractivity contribution is -0.135. The highest BCUT2D eigenvalue weighted by Crippen LogP contribution is 2.47. The molecule has 12 heteroatoms. The number of halogens is 2. The number of fused-ring (bicyclic) bond motifs is 5. The summed E-state index contributed by atoms with van der Waals surface area (Å²) < 4.78 is 38.5. The number of thioether (sulfide) groups is 1. The number of ether oxygens (including phenoxy) is 4. The molecule has 3 fully saturated rings. The zero-order valence-electron chi connectivity index (χ0n) is 22.9. The SMILES string of the molecule is COC(=O)C1=CC2C(N=C3CN4CCN(c5cccc6c5O[C@H](c5ccc(Cl)cc5F)CO6)CC4C(C4CCO4)N32)S1. The number of methoxy groups -OCH3 is 1. The Morgan fingerprint density at radius 1 is 1.24 bits per heavy atom. The van der Waals surface area contributed by atoms with Crippen molar-refractivity contribution in [3.8, 4) is 11.5 Å². The number of piperazine rings is 2. The van der Waals surface area contributed by atoms with Crippen LogP contribution in [0, 0.1) is 5.82 Å². The number of carbonyl (C=O) groups is 1. The number of amidine groups is 1. The first kappa shape index (κ1) is 26.6. The topological polar surface area (TPSA) is 76.1 Å². The number of nitrogens with zero attached hydrogens (tertiary/aromatic N) is 4. The van der Waals surface area contributed by atoms with Gasteiger partial charge in [0.1, 0.15) is 23.6 Å². The van der Waals surface area contributed by atoms with Gasteiger partial charge in [0, 0.05) is 36.8 Å². The molecule has 220 valence electrons. The lowest BCUT2D eigenvalue weighted by atomic mass is 9.88. The van der Waals surface area contributed by atoms with Crippen molar-refractivity contribution in [1.82, 2.24) is 9.80 Å². The number of anilines is 1. The molecular formula is C30H30ClFN4O5S. The van der Waals surface area contributed by atoms with E-state index in [1.165, 1.54) is 24.9 Å². The van der Waals surface area contributed by atoms with Crippen LogP contribution in [0.3, 0.4) is 0 Å². The van der Waals surface area contributed by atoms with Gasteiger partial charge in [0.05, 0.1) is 48.5 Å². The predicted molar refractivity (Wildman–Crippen MR) is 157 cm³/mol. The summed E-state index contributed by atoms with van der Waals surface area (Å²) in [6.45, 7) is 4.14. The van der Waals surface area contributed by atoms with Gasteiger partial charge < -0.3 is 28.7 Å². The van der Waals surface area contributed by atoms with E-state index in [-0.39, 0.29) is 42.2 Å². The third-order valence-corrected chi connectivity index (χ3v) is 10.5. The monoisotopic (exact) mass is 612 g/mol. The van der Waals surface area contributed by atoms with Crippen LogP contribution in [-0.2, 0) is 14.3 Å². The van der Waals surface area contributed by atoms with Crippen LogP contribution in [0.15, 0.2) is 52.4 Å². The zero-order valence-corrected chi connectivity index (χ0v) is 24.5. The summed E-state index contributed by atoms with van der Waals surface area (Å²) in [5, 5.41) is 0.293. The quantitative estimate of drug-likeness (QED) is 0.479. The van der Waals surface area contributed by atoms with Gasteiger partial charge in [-0.25, -0.2) is 9.18 Å². The largest absolute Gasteiger partial charge is 0.485 e. The molecule has 0 bridgehead atoms. The molecule has 0 saturated carbocycles. The van der Waals surface area contributed by atoms with E-state index in [0.717, 1.165) is 50.7 Å². The summed E-state index contributed by atoms with van der Waals surface area (Å²) in [5.74, 6) is 1.64. The summed E-state index contributed by atoms with van der Waals surface area (Å²) in [4.78, 5) is 25.3. The molecule has 0 amide bonds. The van der Waals surface area contributed by atoms with Crippen LogP contribution in [0.5, 0.6) is 11.5 Å². The van der Waals surface area contributed by atoms with Crippen LogP contribution in [0.1, 0.15) is 18.1 Å². The van der Waals surface area contributed by atoms with Crippen LogP contribution in [0.4, 0.5) is 10.1 Å². The molecule has 0 N–H and O–H groups in total. The second-order valence-electron chi connectivity index (χ2n) is 11.3. The van der Waals surface area contributed by atoms with Gasteiger partial charge in [-0.05, 0) is 36.8 Å². The number of aliphatic imine (C=N–C) groups is 1. The van der Waals surface area contributed by atoms with Crippen molar-refractivity contribution >= 4 is 40.9 Å². The van der Waals surface area contributed by atoms with Crippen molar-refractivity contribution in [2.75, 3.05) is 51.4 Å². The number of hydrogen-bond acceptors (Lipinski definition) is 10. The van der Waals surface area contributed by atoms with Crippen molar-refractivity contribution < 1.29 is 28.1 Å². The second kappa shape index (κ2) is 10.3. The van der Waals surface area contributed by atoms with Crippen molar-refractivity contribution in [3.05, 3.63) is 63.8 Å². The summed E-state index contributed by atoms with van der Waals surface area (Å²) in [6, 6.07) is 10.8. The zero-order chi connectivity index (χ0) is 28.5. The number of hydrogen-bond donors (Lipinski definition) is 0. The highest BCUT2D eigenvalue weighted by molar-refractivity contribution is 8.04. The predicted octanol–water partition coefficient (Wildman–Crippen LogP) is 3.87. The first-order valence-corrected chi connectivity index (χ1v) is 15.5. The molecule has 0 spiro atoms. The van der Waals surface area contributed by atoms with Gasteiger partial charge in [0.2, 0.25) is 0 Å². The third-order valence-electron chi connectivity index (χ3n) is 9.11. The number of para-hydroxylation sites is 1. The summed E-state index contributed by atoms with van der Waals surface area (Å²) in [5.41, 5.74) is 1.35. The van der Waals surface area contributed by atoms with Crippen LogP contribution in [-0.4, -0.2) is 97.7 Å². The molecular weight excluding hydrogens is 583 g/mol. The standard InChI is InChI=1S/C30H30ClFN4O5S/c1-38-30(37)25-12-20-29(42-25)33-26-14-35-9-8-34(13-21(35)27(36(20)26)22-7-10-39-22)19-3-2-4-23-28(19)41-24(15-40-23)17-6-5-16(31)11-18(17)32/h2-6,11-12,20-22,24,27,29H,7-10,13-15H2,1H3/t20?,21?,22?,24-,27?,29?/m0/s1. The Kier molecular flexibility index (Phi) is 6.55. The van der Waals surface area contributed by atoms with Crippen molar-refractivity contribution in [3.63, 3.8) is 0 Å². The summed E-state index contributed by atoms with van der Waals surface area (Å²) in [7, 11) is 1.41. The van der Waals surface area contributed by atoms with Gasteiger partial charge in [-0.3, -0.25) is 9.89 Å². The second-order valence-corrected chi connectivity index (χ2v) is 12.9. The molecule has 2 aromatic rings. The maximum Gasteiger partial charge on any atom is 0.344 e. The Bertz CT molecular complexity index is 1500. The van der Waals surface area contributed by atoms with E-state index in [0.29, 0.717) is 27.0 Å². The average molecular weight is 613 g/mol. The fourth-order valence-electron chi connectivity index (χ4n) is 7.04. The Hall–Kier alpha value is -2.99. The van der Waals surface area contributed by atoms with Gasteiger partial charge in [-0.15, -0.1) is 0 Å². The Labute approximate surface area is 252 Å². The molecule has 6 heterocycles. The summed E-state index contributed by atoms with van der Waals surface area (Å²) >= 11 is 7.48. The number of esters is 1. The molecule has 6 aliphatic heterocycles. The minimum atomic E-state index is -0.584. The van der Waals surface area contributed by atoms with E-state index in [1.807, 2.05) is 24.3 Å². The van der Waals surface area contributed by atoms with Crippen LogP contribution in [0.25, 0.3) is 0 Å². The average Bonchev–Trinajstić information content (AvgIpc) is 3.53. The lowest BCUT2D eigenvalue weighted by Crippen LogP contribution is -2.72. The molecule has 6 aliphatic rings. The molecule has 3 saturated heterocycles. The van der Waals surface area contributed by atoms with Crippen LogP contribution >= 0.6 is 23.4 Å². The Morgan fingerprint density at radius 2 is 2.12 bits per heavy atom. The molecule has 9 nitrogen and oxygen atoms in total. The van der Waals surface area contributed by atoms with Gasteiger partial charge >= 0.3 is 5.97 Å². The number of rotatable bonds is 4. The Morgan fingerprint density at radius 3 is 2.90 bits per heavy atom. The molecule has 5 unspecified atom stereocenters. The van der Waals surface area contributed by atoms with Crippen molar-refractivity contribution in [1.29, 1.82) is 0 Å². The van der Waals surface area contributed by atoms with E-state index in [1.54, 1.807) is 12.1 Å². The highest BCUT2D eigenvalue weighted by atomic mass is 35.5. The Balaban J connectivity index is 1.09. The van der Waals surface area contributed by atoms with Crippen LogP contribution in [0.2, 0.25) is 5.02 Å². The van der Waals surface area contributed by atoms with Gasteiger partial charge in [0.25, 0.3) is 0 Å². The third kappa shape index (κ3) is 4.27. The number of carbonyl (C=O) groups excluding carboxylic acids is 1. The van der Waals surface area contributed by atoms with Gasteiger partial charge in [0.15, 0.2) is 17.6 Å². The highest BCUT2D eigenvalue weighted by Gasteiger charge is 2.54. The molecule has 0 radical (unpaired) electrons.